The van der Waals surface area contributed by atoms with E-state index in [0.717, 1.165) is 97.1 Å². The van der Waals surface area contributed by atoms with E-state index in [2.05, 4.69) is 163 Å². The fourth-order valence-corrected chi connectivity index (χ4v) is 11.6. The molecule has 0 saturated heterocycles. The Labute approximate surface area is 449 Å². The number of anilines is 18. The van der Waals surface area contributed by atoms with Gasteiger partial charge in [0, 0.05) is 17.1 Å². The molecule has 0 saturated carbocycles. The molecule has 0 unspecified atom stereocenters. The summed E-state index contributed by atoms with van der Waals surface area (Å²) in [5.41, 5.74) is 15.0. The van der Waals surface area contributed by atoms with Crippen LogP contribution in [-0.2, 0) is 6.18 Å². The molecule has 10 heteroatoms. The van der Waals surface area contributed by atoms with Gasteiger partial charge >= 0.3 is 6.18 Å². The Hall–Kier alpha value is -10.5. The number of hydrogen-bond donors (Lipinski definition) is 0. The number of alkyl halides is 3. The Bertz CT molecular complexity index is 3860. The second-order valence-corrected chi connectivity index (χ2v) is 19.2. The number of benzene rings is 11. The molecule has 0 aliphatic carbocycles. The zero-order valence-corrected chi connectivity index (χ0v) is 41.7. The van der Waals surface area contributed by atoms with Gasteiger partial charge in [-0.2, -0.15) is 18.4 Å². The third-order valence-corrected chi connectivity index (χ3v) is 14.8. The number of para-hydroxylation sites is 15. The summed E-state index contributed by atoms with van der Waals surface area (Å²) >= 11 is 0. The maximum atomic E-state index is 15.2. The standard InChI is InChI=1S/C68H44F3N7/c69-68(70,71)52-42-46(40-41-47(52)45-72)48-43-65(76-59-34-16-10-28-53(59)73(49-22-4-1-5-23-49)54-29-11-17-35-60(54)76)67(78-63-38-20-14-32-57(63)75(51-26-8-3-9-27-51)58-33-15-21-39-64(58)78)66(44-48)77-61-36-18-12-30-55(61)74(50-24-6-2-7-25-50)56-31-13-19-37-62(56)77/h1-44H. The molecule has 7 nitrogen and oxygen atoms in total. The van der Waals surface area contributed by atoms with E-state index in [0.29, 0.717) is 22.5 Å². The molecule has 0 spiro atoms. The molecule has 78 heavy (non-hydrogen) atoms. The van der Waals surface area contributed by atoms with E-state index < -0.39 is 17.3 Å². The van der Waals surface area contributed by atoms with Gasteiger partial charge in [-0.25, -0.2) is 0 Å². The third-order valence-electron chi connectivity index (χ3n) is 14.8. The van der Waals surface area contributed by atoms with Crippen LogP contribution in [0, 0.1) is 11.3 Å². The van der Waals surface area contributed by atoms with Gasteiger partial charge in [-0.05, 0) is 145 Å². The van der Waals surface area contributed by atoms with Crippen LogP contribution in [0.3, 0.4) is 0 Å². The van der Waals surface area contributed by atoms with Gasteiger partial charge in [-0.3, -0.25) is 0 Å². The minimum absolute atomic E-state index is 0.291. The molecule has 3 heterocycles. The van der Waals surface area contributed by atoms with Crippen LogP contribution in [0.2, 0.25) is 0 Å². The zero-order chi connectivity index (χ0) is 52.5. The SMILES string of the molecule is N#Cc1ccc(-c2cc(N3c4ccccc4N(c4ccccc4)c4ccccc43)c(N3c4ccccc4N(c4ccccc4)c4ccccc43)c(N3c4ccccc4N(c4ccccc4)c4ccccc43)c2)cc1C(F)(F)F. The minimum atomic E-state index is -4.81. The average molecular weight is 1020 g/mol. The molecule has 372 valence electrons. The van der Waals surface area contributed by atoms with E-state index in [9.17, 15) is 5.26 Å². The summed E-state index contributed by atoms with van der Waals surface area (Å²) in [4.78, 5) is 13.7. The molecule has 0 aromatic heterocycles. The molecular weight excluding hydrogens is 972 g/mol. The van der Waals surface area contributed by atoms with Gasteiger partial charge in [0.05, 0.1) is 103 Å². The van der Waals surface area contributed by atoms with Crippen LogP contribution in [0.15, 0.2) is 267 Å². The highest BCUT2D eigenvalue weighted by Gasteiger charge is 2.41. The Kier molecular flexibility index (Phi) is 10.9. The fraction of sp³-hybridized carbons (Fsp3) is 0.0147. The molecule has 3 aliphatic rings. The Balaban J connectivity index is 1.16. The maximum absolute atomic E-state index is 15.2. The summed E-state index contributed by atoms with van der Waals surface area (Å²) in [6.07, 6.45) is -4.81. The van der Waals surface area contributed by atoms with E-state index in [-0.39, 0.29) is 0 Å². The Morgan fingerprint density at radius 2 is 0.538 bits per heavy atom. The molecule has 0 N–H and O–H groups in total. The van der Waals surface area contributed by atoms with E-state index >= 15 is 13.2 Å². The Morgan fingerprint density at radius 3 is 0.821 bits per heavy atom. The summed E-state index contributed by atoms with van der Waals surface area (Å²) in [5.74, 6) is 0. The van der Waals surface area contributed by atoms with Crippen molar-refractivity contribution in [1.29, 1.82) is 5.26 Å². The van der Waals surface area contributed by atoms with Crippen molar-refractivity contribution in [3.8, 4) is 17.2 Å². The molecule has 11 aromatic carbocycles. The highest BCUT2D eigenvalue weighted by atomic mass is 19.4. The summed E-state index contributed by atoms with van der Waals surface area (Å²) in [5, 5.41) is 10.1. The van der Waals surface area contributed by atoms with E-state index in [1.165, 1.54) is 6.07 Å². The van der Waals surface area contributed by atoms with Crippen molar-refractivity contribution >= 4 is 102 Å². The first kappa shape index (κ1) is 46.1. The molecule has 0 atom stereocenters. The lowest BCUT2D eigenvalue weighted by atomic mass is 9.94. The van der Waals surface area contributed by atoms with Gasteiger partial charge in [0.1, 0.15) is 0 Å². The molecule has 0 amide bonds. The normalized spacial score (nSPS) is 13.2. The summed E-state index contributed by atoms with van der Waals surface area (Å²) < 4.78 is 45.7. The highest BCUT2D eigenvalue weighted by Crippen LogP contribution is 2.65. The number of nitrogens with zero attached hydrogens (tertiary/aromatic N) is 7. The first-order chi connectivity index (χ1) is 38.4. The summed E-state index contributed by atoms with van der Waals surface area (Å²) in [6, 6.07) is 90.7. The monoisotopic (exact) mass is 1020 g/mol. The molecule has 11 aromatic rings. The van der Waals surface area contributed by atoms with Crippen molar-refractivity contribution in [2.45, 2.75) is 6.18 Å². The first-order valence-electron chi connectivity index (χ1n) is 25.7. The van der Waals surface area contributed by atoms with Crippen molar-refractivity contribution in [2.24, 2.45) is 0 Å². The molecule has 14 rings (SSSR count). The second kappa shape index (κ2) is 18.4. The summed E-state index contributed by atoms with van der Waals surface area (Å²) in [7, 11) is 0. The van der Waals surface area contributed by atoms with Crippen LogP contribution in [0.1, 0.15) is 11.1 Å². The van der Waals surface area contributed by atoms with Gasteiger partial charge in [0.2, 0.25) is 0 Å². The molecule has 0 fully saturated rings. The van der Waals surface area contributed by atoms with Crippen molar-refractivity contribution < 1.29 is 13.2 Å². The van der Waals surface area contributed by atoms with Gasteiger partial charge in [0.25, 0.3) is 0 Å². The van der Waals surface area contributed by atoms with Crippen LogP contribution in [0.25, 0.3) is 11.1 Å². The van der Waals surface area contributed by atoms with Crippen LogP contribution in [-0.4, -0.2) is 0 Å². The van der Waals surface area contributed by atoms with E-state index in [1.54, 1.807) is 6.07 Å². The predicted octanol–water partition coefficient (Wildman–Crippen LogP) is 20.0. The van der Waals surface area contributed by atoms with E-state index in [1.807, 2.05) is 121 Å². The number of fused-ring (bicyclic) bond motifs is 6. The number of rotatable bonds is 7. The third kappa shape index (κ3) is 7.35. The molecule has 0 bridgehead atoms. The second-order valence-electron chi connectivity index (χ2n) is 19.2. The topological polar surface area (TPSA) is 43.2 Å². The lowest BCUT2D eigenvalue weighted by Crippen LogP contribution is -2.30. The van der Waals surface area contributed by atoms with Crippen LogP contribution >= 0.6 is 0 Å². The molecular formula is C68H44F3N7. The minimum Gasteiger partial charge on any atom is -0.306 e. The lowest BCUT2D eigenvalue weighted by Gasteiger charge is -2.46. The molecule has 3 aliphatic heterocycles. The summed E-state index contributed by atoms with van der Waals surface area (Å²) in [6.45, 7) is 0. The number of hydrogen-bond acceptors (Lipinski definition) is 7. The van der Waals surface area contributed by atoms with Gasteiger partial charge in [0.15, 0.2) is 0 Å². The predicted molar refractivity (Wildman–Crippen MR) is 310 cm³/mol. The van der Waals surface area contributed by atoms with Crippen molar-refractivity contribution in [3.63, 3.8) is 0 Å². The van der Waals surface area contributed by atoms with Gasteiger partial charge < -0.3 is 29.4 Å². The van der Waals surface area contributed by atoms with E-state index in [4.69, 9.17) is 0 Å². The molecule has 0 radical (unpaired) electrons. The number of halogens is 3. The lowest BCUT2D eigenvalue weighted by molar-refractivity contribution is -0.137. The quantitative estimate of drug-likeness (QED) is 0.158. The van der Waals surface area contributed by atoms with Gasteiger partial charge in [-0.1, -0.05) is 133 Å². The van der Waals surface area contributed by atoms with Crippen molar-refractivity contribution in [3.05, 3.63) is 278 Å². The average Bonchev–Trinajstić information content (AvgIpc) is 3.68. The van der Waals surface area contributed by atoms with Crippen LogP contribution in [0.5, 0.6) is 0 Å². The number of nitriles is 1. The highest BCUT2D eigenvalue weighted by molar-refractivity contribution is 6.14. The van der Waals surface area contributed by atoms with Gasteiger partial charge in [-0.15, -0.1) is 0 Å². The fourth-order valence-electron chi connectivity index (χ4n) is 11.6. The van der Waals surface area contributed by atoms with Crippen LogP contribution in [0.4, 0.5) is 116 Å². The Morgan fingerprint density at radius 1 is 0.269 bits per heavy atom. The zero-order valence-electron chi connectivity index (χ0n) is 41.7. The first-order valence-corrected chi connectivity index (χ1v) is 25.7. The largest absolute Gasteiger partial charge is 0.417 e. The van der Waals surface area contributed by atoms with Crippen molar-refractivity contribution in [2.75, 3.05) is 29.4 Å². The smallest absolute Gasteiger partial charge is 0.306 e. The maximum Gasteiger partial charge on any atom is 0.417 e. The van der Waals surface area contributed by atoms with Crippen molar-refractivity contribution in [1.82, 2.24) is 0 Å². The van der Waals surface area contributed by atoms with Crippen LogP contribution < -0.4 is 29.4 Å².